The topological polar surface area (TPSA) is 79.6 Å². The number of hydrogen-bond acceptors (Lipinski definition) is 4. The van der Waals surface area contributed by atoms with Crippen molar-refractivity contribution in [1.29, 1.82) is 0 Å². The number of pyridine rings is 1. The van der Waals surface area contributed by atoms with E-state index in [1.54, 1.807) is 6.20 Å². The van der Waals surface area contributed by atoms with Gasteiger partial charge in [0, 0.05) is 18.4 Å². The summed E-state index contributed by atoms with van der Waals surface area (Å²) in [5.41, 5.74) is 8.58. The average molecular weight is 203 g/mol. The number of nitrogens with zero attached hydrogens (tertiary/aromatic N) is 2. The van der Waals surface area contributed by atoms with Gasteiger partial charge < -0.3 is 11.1 Å². The molecular formula is C10H13N5. The number of aromatic amines is 1. The van der Waals surface area contributed by atoms with E-state index in [0.717, 1.165) is 16.9 Å². The molecule has 15 heavy (non-hydrogen) atoms. The highest BCUT2D eigenvalue weighted by Crippen LogP contribution is 2.14. The van der Waals surface area contributed by atoms with Crippen molar-refractivity contribution in [2.24, 2.45) is 0 Å². The molecule has 0 saturated carbocycles. The molecule has 0 atom stereocenters. The highest BCUT2D eigenvalue weighted by atomic mass is 15.2. The van der Waals surface area contributed by atoms with Gasteiger partial charge in [0.2, 0.25) is 0 Å². The lowest BCUT2D eigenvalue weighted by molar-refractivity contribution is 1.09. The highest BCUT2D eigenvalue weighted by Gasteiger charge is 1.99. The standard InChI is InChI=1S/C10H13N5/c1-7-2-3-8(4-12-7)5-13-9-6-14-15-10(9)11/h2-4,6,13H,5H2,1H3,(H3,11,14,15). The lowest BCUT2D eigenvalue weighted by Crippen LogP contribution is -2.01. The Kier molecular flexibility index (Phi) is 2.53. The molecule has 0 aliphatic heterocycles. The normalized spacial score (nSPS) is 10.2. The molecule has 0 aliphatic carbocycles. The molecule has 2 aromatic heterocycles. The van der Waals surface area contributed by atoms with Crippen LogP contribution in [-0.2, 0) is 6.54 Å². The predicted molar refractivity (Wildman–Crippen MR) is 59.3 cm³/mol. The van der Waals surface area contributed by atoms with E-state index in [4.69, 9.17) is 5.73 Å². The van der Waals surface area contributed by atoms with Gasteiger partial charge in [0.15, 0.2) is 0 Å². The second-order valence-corrected chi connectivity index (χ2v) is 3.36. The Bertz CT molecular complexity index is 431. The zero-order valence-corrected chi connectivity index (χ0v) is 8.49. The molecule has 0 radical (unpaired) electrons. The monoisotopic (exact) mass is 203 g/mol. The summed E-state index contributed by atoms with van der Waals surface area (Å²) in [6.07, 6.45) is 3.51. The molecule has 5 heteroatoms. The van der Waals surface area contributed by atoms with Crippen LogP contribution < -0.4 is 11.1 Å². The Morgan fingerprint density at radius 3 is 2.87 bits per heavy atom. The van der Waals surface area contributed by atoms with E-state index in [1.165, 1.54) is 0 Å². The number of aromatic nitrogens is 3. The SMILES string of the molecule is Cc1ccc(CNc2cn[nH]c2N)cn1. The summed E-state index contributed by atoms with van der Waals surface area (Å²) < 4.78 is 0. The second-order valence-electron chi connectivity index (χ2n) is 3.36. The summed E-state index contributed by atoms with van der Waals surface area (Å²) in [4.78, 5) is 4.21. The van der Waals surface area contributed by atoms with Crippen molar-refractivity contribution < 1.29 is 0 Å². The van der Waals surface area contributed by atoms with E-state index in [9.17, 15) is 0 Å². The van der Waals surface area contributed by atoms with Crippen LogP contribution in [0.1, 0.15) is 11.3 Å². The average Bonchev–Trinajstić information content (AvgIpc) is 2.63. The van der Waals surface area contributed by atoms with Crippen LogP contribution in [0.5, 0.6) is 0 Å². The van der Waals surface area contributed by atoms with Crippen LogP contribution in [0.25, 0.3) is 0 Å². The zero-order chi connectivity index (χ0) is 10.7. The second kappa shape index (κ2) is 4.00. The van der Waals surface area contributed by atoms with Crippen LogP contribution in [0.3, 0.4) is 0 Å². The zero-order valence-electron chi connectivity index (χ0n) is 8.49. The summed E-state index contributed by atoms with van der Waals surface area (Å²) >= 11 is 0. The number of anilines is 2. The number of hydrogen-bond donors (Lipinski definition) is 3. The van der Waals surface area contributed by atoms with E-state index in [-0.39, 0.29) is 0 Å². The highest BCUT2D eigenvalue weighted by molar-refractivity contribution is 5.59. The van der Waals surface area contributed by atoms with Crippen LogP contribution >= 0.6 is 0 Å². The molecule has 0 amide bonds. The van der Waals surface area contributed by atoms with Gasteiger partial charge in [0.1, 0.15) is 5.82 Å². The van der Waals surface area contributed by atoms with Crippen molar-refractivity contribution >= 4 is 11.5 Å². The molecule has 0 fully saturated rings. The number of aryl methyl sites for hydroxylation is 1. The number of rotatable bonds is 3. The number of H-pyrrole nitrogens is 1. The van der Waals surface area contributed by atoms with Crippen LogP contribution in [0.4, 0.5) is 11.5 Å². The fraction of sp³-hybridized carbons (Fsp3) is 0.200. The molecule has 0 unspecified atom stereocenters. The number of nitrogens with two attached hydrogens (primary N) is 1. The van der Waals surface area contributed by atoms with Gasteiger partial charge in [-0.15, -0.1) is 0 Å². The van der Waals surface area contributed by atoms with E-state index < -0.39 is 0 Å². The molecule has 0 aliphatic rings. The van der Waals surface area contributed by atoms with Crippen molar-refractivity contribution in [3.05, 3.63) is 35.8 Å². The first-order valence-corrected chi connectivity index (χ1v) is 4.70. The third kappa shape index (κ3) is 2.25. The maximum atomic E-state index is 5.63. The fourth-order valence-corrected chi connectivity index (χ4v) is 1.24. The minimum atomic E-state index is 0.551. The van der Waals surface area contributed by atoms with Gasteiger partial charge in [-0.2, -0.15) is 5.10 Å². The van der Waals surface area contributed by atoms with Crippen LogP contribution in [-0.4, -0.2) is 15.2 Å². The summed E-state index contributed by atoms with van der Waals surface area (Å²) in [6.45, 7) is 2.66. The van der Waals surface area contributed by atoms with E-state index in [0.29, 0.717) is 12.4 Å². The molecule has 78 valence electrons. The van der Waals surface area contributed by atoms with Gasteiger partial charge in [-0.1, -0.05) is 6.07 Å². The maximum absolute atomic E-state index is 5.63. The van der Waals surface area contributed by atoms with Crippen molar-refractivity contribution in [1.82, 2.24) is 15.2 Å². The summed E-state index contributed by atoms with van der Waals surface area (Å²) in [5, 5.41) is 9.65. The Morgan fingerprint density at radius 2 is 2.27 bits per heavy atom. The Hall–Kier alpha value is -2.04. The maximum Gasteiger partial charge on any atom is 0.142 e. The van der Waals surface area contributed by atoms with Gasteiger partial charge in [-0.3, -0.25) is 10.1 Å². The van der Waals surface area contributed by atoms with E-state index in [1.807, 2.05) is 25.3 Å². The minimum absolute atomic E-state index is 0.551. The van der Waals surface area contributed by atoms with Crippen molar-refractivity contribution in [3.63, 3.8) is 0 Å². The summed E-state index contributed by atoms with van der Waals surface area (Å²) in [6, 6.07) is 4.02. The summed E-state index contributed by atoms with van der Waals surface area (Å²) in [5.74, 6) is 0.551. The van der Waals surface area contributed by atoms with Crippen LogP contribution in [0, 0.1) is 6.92 Å². The molecule has 2 heterocycles. The van der Waals surface area contributed by atoms with Crippen molar-refractivity contribution in [3.8, 4) is 0 Å². The van der Waals surface area contributed by atoms with Crippen LogP contribution in [0.2, 0.25) is 0 Å². The van der Waals surface area contributed by atoms with Gasteiger partial charge in [0.25, 0.3) is 0 Å². The van der Waals surface area contributed by atoms with Crippen molar-refractivity contribution in [2.45, 2.75) is 13.5 Å². The van der Waals surface area contributed by atoms with E-state index in [2.05, 4.69) is 20.5 Å². The number of nitrogens with one attached hydrogen (secondary N) is 2. The van der Waals surface area contributed by atoms with Gasteiger partial charge in [0.05, 0.1) is 11.9 Å². The number of nitrogen functional groups attached to an aromatic ring is 1. The fourth-order valence-electron chi connectivity index (χ4n) is 1.24. The molecule has 4 N–H and O–H groups in total. The Balaban J connectivity index is 1.99. The Morgan fingerprint density at radius 1 is 1.40 bits per heavy atom. The van der Waals surface area contributed by atoms with Crippen molar-refractivity contribution in [2.75, 3.05) is 11.1 Å². The third-order valence-electron chi connectivity index (χ3n) is 2.12. The van der Waals surface area contributed by atoms with Gasteiger partial charge in [-0.25, -0.2) is 0 Å². The first-order chi connectivity index (χ1) is 7.25. The van der Waals surface area contributed by atoms with E-state index >= 15 is 0 Å². The smallest absolute Gasteiger partial charge is 0.142 e. The lowest BCUT2D eigenvalue weighted by atomic mass is 10.2. The molecule has 2 aromatic rings. The molecule has 0 aromatic carbocycles. The van der Waals surface area contributed by atoms with Gasteiger partial charge in [-0.05, 0) is 18.6 Å². The predicted octanol–water partition coefficient (Wildman–Crippen LogP) is 1.31. The first kappa shape index (κ1) is 9.51. The lowest BCUT2D eigenvalue weighted by Gasteiger charge is -2.04. The van der Waals surface area contributed by atoms with Gasteiger partial charge >= 0.3 is 0 Å². The summed E-state index contributed by atoms with van der Waals surface area (Å²) in [7, 11) is 0. The largest absolute Gasteiger partial charge is 0.382 e. The molecule has 0 bridgehead atoms. The van der Waals surface area contributed by atoms with Crippen LogP contribution in [0.15, 0.2) is 24.5 Å². The quantitative estimate of drug-likeness (QED) is 0.702. The minimum Gasteiger partial charge on any atom is -0.382 e. The molecule has 0 saturated heterocycles. The molecule has 5 nitrogen and oxygen atoms in total. The Labute approximate surface area is 87.7 Å². The third-order valence-corrected chi connectivity index (χ3v) is 2.12. The molecule has 0 spiro atoms. The molecular weight excluding hydrogens is 190 g/mol. The first-order valence-electron chi connectivity index (χ1n) is 4.70. The molecule has 2 rings (SSSR count).